The van der Waals surface area contributed by atoms with Gasteiger partial charge in [-0.15, -0.1) is 12.4 Å². The minimum atomic E-state index is -0.366. The molecule has 0 amide bonds. The molecule has 34 heavy (non-hydrogen) atoms. The fourth-order valence-corrected chi connectivity index (χ4v) is 5.87. The van der Waals surface area contributed by atoms with Gasteiger partial charge in [0.2, 0.25) is 0 Å². The molecule has 0 aliphatic carbocycles. The van der Waals surface area contributed by atoms with Crippen LogP contribution in [0.5, 0.6) is 0 Å². The van der Waals surface area contributed by atoms with Crippen LogP contribution in [0, 0.1) is 24.5 Å². The minimum absolute atomic E-state index is 0. The molecular weight excluding hydrogens is 452 g/mol. The maximum absolute atomic E-state index is 13.6. The number of ether oxygens (including phenoxy) is 1. The van der Waals surface area contributed by atoms with Gasteiger partial charge in [-0.1, -0.05) is 54.1 Å². The molecule has 4 atom stereocenters. The van der Waals surface area contributed by atoms with Crippen LogP contribution in [-0.2, 0) is 4.74 Å². The molecule has 2 heterocycles. The van der Waals surface area contributed by atoms with Gasteiger partial charge in [0.1, 0.15) is 17.7 Å². The SMILES string of the molecule is Cc1ccc(C2CC3CCC([C@H]2COC(c2ccc(F)cc2)c2ccc(F)cc2)N3C)cc1.Cl. The van der Waals surface area contributed by atoms with Crippen LogP contribution >= 0.6 is 12.4 Å². The number of rotatable bonds is 6. The third-order valence-electron chi connectivity index (χ3n) is 7.74. The third kappa shape index (κ3) is 5.05. The Morgan fingerprint density at radius 3 is 1.97 bits per heavy atom. The molecule has 5 heteroatoms. The van der Waals surface area contributed by atoms with E-state index in [2.05, 4.69) is 43.1 Å². The number of benzene rings is 3. The Bertz CT molecular complexity index is 1030. The summed E-state index contributed by atoms with van der Waals surface area (Å²) in [7, 11) is 2.25. The summed E-state index contributed by atoms with van der Waals surface area (Å²) in [6.45, 7) is 2.72. The standard InChI is InChI=1S/C29H31F2NO.ClH/c1-19-3-5-20(6-4-19)26-17-25-15-16-28(32(25)2)27(26)18-33-29(21-7-11-23(30)12-8-21)22-9-13-24(31)14-10-22;/h3-14,25-29H,15-18H2,1-2H3;1H/t25?,26?,27-,28?;/m0./s1. The molecule has 2 bridgehead atoms. The number of hydrogen-bond acceptors (Lipinski definition) is 2. The first-order valence-corrected chi connectivity index (χ1v) is 11.9. The van der Waals surface area contributed by atoms with Gasteiger partial charge in [-0.2, -0.15) is 0 Å². The zero-order valence-corrected chi connectivity index (χ0v) is 20.5. The van der Waals surface area contributed by atoms with Crippen molar-refractivity contribution in [2.24, 2.45) is 5.92 Å². The molecule has 180 valence electrons. The van der Waals surface area contributed by atoms with Gasteiger partial charge in [0.25, 0.3) is 0 Å². The highest BCUT2D eigenvalue weighted by Crippen LogP contribution is 2.47. The molecule has 3 unspecified atom stereocenters. The number of nitrogens with zero attached hydrogens (tertiary/aromatic N) is 1. The van der Waals surface area contributed by atoms with Crippen LogP contribution in [-0.4, -0.2) is 30.6 Å². The van der Waals surface area contributed by atoms with E-state index in [9.17, 15) is 8.78 Å². The van der Waals surface area contributed by atoms with E-state index in [-0.39, 0.29) is 30.1 Å². The van der Waals surface area contributed by atoms with Crippen molar-refractivity contribution in [3.63, 3.8) is 0 Å². The number of hydrogen-bond donors (Lipinski definition) is 0. The summed E-state index contributed by atoms with van der Waals surface area (Å²) in [5, 5.41) is 0. The summed E-state index contributed by atoms with van der Waals surface area (Å²) in [5.41, 5.74) is 4.42. The van der Waals surface area contributed by atoms with Crippen LogP contribution in [0.1, 0.15) is 53.5 Å². The van der Waals surface area contributed by atoms with E-state index in [1.54, 1.807) is 24.3 Å². The molecule has 0 radical (unpaired) electrons. The zero-order chi connectivity index (χ0) is 22.9. The topological polar surface area (TPSA) is 12.5 Å². The summed E-state index contributed by atoms with van der Waals surface area (Å²) in [5.74, 6) is 0.255. The fraction of sp³-hybridized carbons (Fsp3) is 0.379. The first-order chi connectivity index (χ1) is 16.0. The van der Waals surface area contributed by atoms with Crippen LogP contribution < -0.4 is 0 Å². The molecule has 0 aromatic heterocycles. The van der Waals surface area contributed by atoms with Crippen molar-refractivity contribution < 1.29 is 13.5 Å². The highest BCUT2D eigenvalue weighted by molar-refractivity contribution is 5.85. The normalized spacial score (nSPS) is 24.3. The lowest BCUT2D eigenvalue weighted by Gasteiger charge is -2.43. The van der Waals surface area contributed by atoms with Crippen molar-refractivity contribution in [3.8, 4) is 0 Å². The van der Waals surface area contributed by atoms with Gasteiger partial charge in [0.05, 0.1) is 6.61 Å². The number of piperidine rings is 1. The molecule has 2 saturated heterocycles. The summed E-state index contributed by atoms with van der Waals surface area (Å²) in [6.07, 6.45) is 3.20. The predicted octanol–water partition coefficient (Wildman–Crippen LogP) is 7.07. The molecular formula is C29H32ClF2NO. The van der Waals surface area contributed by atoms with E-state index in [1.807, 2.05) is 0 Å². The van der Waals surface area contributed by atoms with Crippen LogP contribution in [0.3, 0.4) is 0 Å². The first kappa shape index (κ1) is 24.8. The van der Waals surface area contributed by atoms with Crippen LogP contribution in [0.25, 0.3) is 0 Å². The van der Waals surface area contributed by atoms with Gasteiger partial charge in [-0.05, 0) is 80.1 Å². The lowest BCUT2D eigenvalue weighted by atomic mass is 9.76. The second-order valence-electron chi connectivity index (χ2n) is 9.70. The van der Waals surface area contributed by atoms with Crippen LogP contribution in [0.4, 0.5) is 8.78 Å². The van der Waals surface area contributed by atoms with Gasteiger partial charge in [0, 0.05) is 18.0 Å². The highest BCUT2D eigenvalue weighted by atomic mass is 35.5. The summed E-state index contributed by atoms with van der Waals surface area (Å²) in [4.78, 5) is 2.55. The smallest absolute Gasteiger partial charge is 0.123 e. The van der Waals surface area contributed by atoms with E-state index < -0.39 is 0 Å². The van der Waals surface area contributed by atoms with Crippen molar-refractivity contribution in [1.82, 2.24) is 4.90 Å². The van der Waals surface area contributed by atoms with E-state index in [0.29, 0.717) is 30.5 Å². The van der Waals surface area contributed by atoms with Gasteiger partial charge in [-0.3, -0.25) is 0 Å². The Morgan fingerprint density at radius 2 is 1.41 bits per heavy atom. The fourth-order valence-electron chi connectivity index (χ4n) is 5.87. The molecule has 0 saturated carbocycles. The minimum Gasteiger partial charge on any atom is -0.368 e. The Labute approximate surface area is 207 Å². The number of halogens is 3. The molecule has 3 aromatic rings. The van der Waals surface area contributed by atoms with Crippen molar-refractivity contribution in [2.75, 3.05) is 13.7 Å². The van der Waals surface area contributed by atoms with E-state index in [0.717, 1.165) is 17.5 Å². The summed E-state index contributed by atoms with van der Waals surface area (Å²) < 4.78 is 33.8. The van der Waals surface area contributed by atoms with Gasteiger partial charge in [0.15, 0.2) is 0 Å². The first-order valence-electron chi connectivity index (χ1n) is 11.9. The van der Waals surface area contributed by atoms with Gasteiger partial charge in [-0.25, -0.2) is 8.78 Å². The van der Waals surface area contributed by atoms with Gasteiger partial charge >= 0.3 is 0 Å². The average molecular weight is 484 g/mol. The lowest BCUT2D eigenvalue weighted by molar-refractivity contribution is -0.00339. The van der Waals surface area contributed by atoms with Crippen molar-refractivity contribution >= 4 is 12.4 Å². The van der Waals surface area contributed by atoms with E-state index >= 15 is 0 Å². The molecule has 0 spiro atoms. The Balaban J connectivity index is 0.00000274. The van der Waals surface area contributed by atoms with Gasteiger partial charge < -0.3 is 9.64 Å². The molecule has 2 aliphatic rings. The Hall–Kier alpha value is -2.27. The van der Waals surface area contributed by atoms with Crippen molar-refractivity contribution in [3.05, 3.63) is 107 Å². The maximum atomic E-state index is 13.6. The molecule has 2 fully saturated rings. The van der Waals surface area contributed by atoms with Crippen molar-refractivity contribution in [2.45, 2.75) is 50.3 Å². The predicted molar refractivity (Wildman–Crippen MR) is 134 cm³/mol. The van der Waals surface area contributed by atoms with Crippen LogP contribution in [0.2, 0.25) is 0 Å². The summed E-state index contributed by atoms with van der Waals surface area (Å²) in [6, 6.07) is 22.9. The zero-order valence-electron chi connectivity index (χ0n) is 19.7. The van der Waals surface area contributed by atoms with E-state index in [1.165, 1.54) is 48.2 Å². The Morgan fingerprint density at radius 1 is 0.853 bits per heavy atom. The third-order valence-corrected chi connectivity index (χ3v) is 7.74. The second kappa shape index (κ2) is 10.6. The summed E-state index contributed by atoms with van der Waals surface area (Å²) >= 11 is 0. The van der Waals surface area contributed by atoms with Crippen molar-refractivity contribution in [1.29, 1.82) is 0 Å². The largest absolute Gasteiger partial charge is 0.368 e. The Kier molecular flexibility index (Phi) is 7.71. The average Bonchev–Trinajstić information content (AvgIpc) is 3.06. The lowest BCUT2D eigenvalue weighted by Crippen LogP contribution is -2.47. The second-order valence-corrected chi connectivity index (χ2v) is 9.70. The van der Waals surface area contributed by atoms with E-state index in [4.69, 9.17) is 4.74 Å². The number of fused-ring (bicyclic) bond motifs is 2. The number of aryl methyl sites for hydroxylation is 1. The van der Waals surface area contributed by atoms with Crippen LogP contribution in [0.15, 0.2) is 72.8 Å². The molecule has 3 aromatic carbocycles. The molecule has 5 rings (SSSR count). The monoisotopic (exact) mass is 483 g/mol. The highest BCUT2D eigenvalue weighted by Gasteiger charge is 2.46. The molecule has 2 aliphatic heterocycles. The maximum Gasteiger partial charge on any atom is 0.123 e. The molecule has 0 N–H and O–H groups in total. The molecule has 2 nitrogen and oxygen atoms in total. The quantitative estimate of drug-likeness (QED) is 0.372.